The molecule has 0 aromatic carbocycles. The van der Waals surface area contributed by atoms with E-state index in [1.54, 1.807) is 31.3 Å². The molecule has 1 aromatic rings. The Morgan fingerprint density at radius 3 is 2.78 bits per heavy atom. The van der Waals surface area contributed by atoms with Gasteiger partial charge in [-0.1, -0.05) is 24.3 Å². The van der Waals surface area contributed by atoms with Crippen molar-refractivity contribution in [2.45, 2.75) is 39.0 Å². The normalized spacial score (nSPS) is 15.2. The summed E-state index contributed by atoms with van der Waals surface area (Å²) < 4.78 is 13.4. The molecule has 0 atom stereocenters. The molecule has 1 aromatic heterocycles. The Hall–Kier alpha value is -3.62. The Balaban J connectivity index is 2.33. The van der Waals surface area contributed by atoms with Crippen molar-refractivity contribution in [3.05, 3.63) is 65.4 Å². The zero-order valence-corrected chi connectivity index (χ0v) is 18.3. The summed E-state index contributed by atoms with van der Waals surface area (Å²) in [5.74, 6) is -0.513. The van der Waals surface area contributed by atoms with E-state index in [-0.39, 0.29) is 12.2 Å². The number of aliphatic imine (C=N–C) groups is 1. The van der Waals surface area contributed by atoms with Gasteiger partial charge in [-0.3, -0.25) is 9.59 Å². The Morgan fingerprint density at radius 1 is 1.34 bits per heavy atom. The zero-order chi connectivity index (χ0) is 23.3. The molecule has 0 radical (unpaired) electrons. The summed E-state index contributed by atoms with van der Waals surface area (Å²) >= 11 is 0. The Bertz CT molecular complexity index is 972. The Kier molecular flexibility index (Phi) is 9.96. The lowest BCUT2D eigenvalue weighted by Crippen LogP contribution is -2.27. The molecule has 2 rings (SSSR count). The second-order valence-electron chi connectivity index (χ2n) is 7.14. The molecule has 0 aliphatic heterocycles. The number of aromatic amines is 1. The minimum atomic E-state index is -0.846. The summed E-state index contributed by atoms with van der Waals surface area (Å²) in [6.45, 7) is 2.02. The quantitative estimate of drug-likeness (QED) is 0.176. The number of rotatable bonds is 11. The predicted octanol–water partition coefficient (Wildman–Crippen LogP) is 4.01. The summed E-state index contributed by atoms with van der Waals surface area (Å²) in [6.07, 6.45) is 14.5. The second-order valence-corrected chi connectivity index (χ2v) is 7.14. The smallest absolute Gasteiger partial charge is 0.303 e. The van der Waals surface area contributed by atoms with Crippen LogP contribution in [0.1, 0.15) is 44.7 Å². The lowest BCUT2D eigenvalue weighted by atomic mass is 10.1. The maximum atomic E-state index is 13.4. The first-order valence-electron chi connectivity index (χ1n) is 10.4. The number of unbranched alkanes of at least 4 members (excludes halogenated alkanes) is 1. The first kappa shape index (κ1) is 24.6. The number of halogens is 1. The number of amidine groups is 1. The maximum Gasteiger partial charge on any atom is 0.303 e. The van der Waals surface area contributed by atoms with Gasteiger partial charge >= 0.3 is 5.97 Å². The number of allylic oxidation sites excluding steroid dienone is 8. The third-order valence-electron chi connectivity index (χ3n) is 4.76. The van der Waals surface area contributed by atoms with Gasteiger partial charge in [-0.05, 0) is 38.3 Å². The van der Waals surface area contributed by atoms with Crippen LogP contribution in [-0.2, 0) is 9.59 Å². The number of hydrogen-bond acceptors (Lipinski definition) is 5. The molecule has 0 fully saturated rings. The molecule has 0 unspecified atom stereocenters. The molecule has 32 heavy (non-hydrogen) atoms. The van der Waals surface area contributed by atoms with Crippen LogP contribution in [0.2, 0.25) is 0 Å². The van der Waals surface area contributed by atoms with Crippen LogP contribution in [-0.4, -0.2) is 57.1 Å². The van der Waals surface area contributed by atoms with E-state index in [1.807, 2.05) is 18.0 Å². The fraction of sp³-hybridized carbons (Fsp3) is 0.348. The van der Waals surface area contributed by atoms with Crippen LogP contribution < -0.4 is 0 Å². The number of aromatic nitrogens is 3. The molecular weight excluding hydrogens is 413 g/mol. The largest absolute Gasteiger partial charge is 0.481 e. The molecule has 1 aliphatic rings. The van der Waals surface area contributed by atoms with E-state index in [9.17, 15) is 14.0 Å². The number of aldehydes is 1. The number of nitrogens with zero attached hydrogens (tertiary/aromatic N) is 4. The van der Waals surface area contributed by atoms with E-state index in [2.05, 4.69) is 15.4 Å². The van der Waals surface area contributed by atoms with Crippen LogP contribution in [0, 0.1) is 0 Å². The van der Waals surface area contributed by atoms with E-state index in [0.29, 0.717) is 55.0 Å². The third-order valence-corrected chi connectivity index (χ3v) is 4.76. The van der Waals surface area contributed by atoms with Gasteiger partial charge in [-0.2, -0.15) is 15.4 Å². The van der Waals surface area contributed by atoms with Crippen LogP contribution >= 0.6 is 0 Å². The van der Waals surface area contributed by atoms with Crippen LogP contribution in [0.5, 0.6) is 0 Å². The minimum absolute atomic E-state index is 0.0740. The van der Waals surface area contributed by atoms with Gasteiger partial charge < -0.3 is 10.0 Å². The molecule has 8 nitrogen and oxygen atoms in total. The van der Waals surface area contributed by atoms with Gasteiger partial charge in [-0.15, -0.1) is 0 Å². The molecule has 0 bridgehead atoms. The number of hydrogen-bond donors (Lipinski definition) is 2. The number of carboxylic acid groups (broad SMARTS) is 1. The van der Waals surface area contributed by atoms with Gasteiger partial charge in [-0.25, -0.2) is 9.38 Å². The Labute approximate surface area is 186 Å². The van der Waals surface area contributed by atoms with Crippen molar-refractivity contribution in [1.29, 1.82) is 0 Å². The zero-order valence-electron chi connectivity index (χ0n) is 18.3. The van der Waals surface area contributed by atoms with Crippen molar-refractivity contribution in [1.82, 2.24) is 20.3 Å². The van der Waals surface area contributed by atoms with Crippen LogP contribution in [0.3, 0.4) is 0 Å². The monoisotopic (exact) mass is 441 g/mol. The van der Waals surface area contributed by atoms with E-state index in [1.165, 1.54) is 12.2 Å². The fourth-order valence-corrected chi connectivity index (χ4v) is 2.99. The predicted molar refractivity (Wildman–Crippen MR) is 121 cm³/mol. The molecule has 0 saturated heterocycles. The van der Waals surface area contributed by atoms with E-state index in [4.69, 9.17) is 10.1 Å². The van der Waals surface area contributed by atoms with Gasteiger partial charge in [0.25, 0.3) is 0 Å². The molecule has 2 N–H and O–H groups in total. The van der Waals surface area contributed by atoms with E-state index < -0.39 is 5.97 Å². The summed E-state index contributed by atoms with van der Waals surface area (Å²) in [5.41, 5.74) is 2.36. The number of carbonyl (C=O) groups is 2. The van der Waals surface area contributed by atoms with E-state index in [0.717, 1.165) is 11.9 Å². The molecule has 0 saturated carbocycles. The summed E-state index contributed by atoms with van der Waals surface area (Å²) in [7, 11) is 1.82. The number of carboxylic acids is 1. The molecule has 9 heteroatoms. The number of nitrogens with one attached hydrogen (secondary N) is 1. The van der Waals surface area contributed by atoms with Gasteiger partial charge in [0.2, 0.25) is 0 Å². The average Bonchev–Trinajstić information content (AvgIpc) is 3.23. The molecule has 0 spiro atoms. The van der Waals surface area contributed by atoms with Gasteiger partial charge in [0.1, 0.15) is 17.4 Å². The SMILES string of the molecule is C/C=C(F)\C=C/CN(C)C(CCCCC(=O)O)=NC1=CC(c2cn[nH]n2)=CCC=C1C=O. The highest BCUT2D eigenvalue weighted by atomic mass is 19.1. The van der Waals surface area contributed by atoms with Gasteiger partial charge in [0.05, 0.1) is 11.9 Å². The van der Waals surface area contributed by atoms with Crippen molar-refractivity contribution in [2.24, 2.45) is 4.99 Å². The first-order chi connectivity index (χ1) is 15.4. The number of H-pyrrole nitrogens is 1. The standard InChI is InChI=1S/C23H28FN5O3/c1-3-19(24)10-7-13-29(2)22(11-4-5-12-23(31)32)26-20-14-17(21-15-25-28-27-21)8-6-9-18(20)16-30/h3,7-10,14-16H,4-6,11-13H2,1-2H3,(H,31,32)(H,25,27,28)/b10-7-,19-3+,26-22?. The molecule has 0 amide bonds. The van der Waals surface area contributed by atoms with Crippen LogP contribution in [0.25, 0.3) is 5.57 Å². The highest BCUT2D eigenvalue weighted by Crippen LogP contribution is 2.24. The third kappa shape index (κ3) is 7.90. The molecular formula is C23H28FN5O3. The van der Waals surface area contributed by atoms with Crippen molar-refractivity contribution in [2.75, 3.05) is 13.6 Å². The maximum absolute atomic E-state index is 13.4. The van der Waals surface area contributed by atoms with Crippen molar-refractivity contribution < 1.29 is 19.1 Å². The highest BCUT2D eigenvalue weighted by molar-refractivity contribution is 5.89. The molecule has 1 heterocycles. The summed E-state index contributed by atoms with van der Waals surface area (Å²) in [4.78, 5) is 29.2. The molecule has 1 aliphatic carbocycles. The lowest BCUT2D eigenvalue weighted by Gasteiger charge is -2.20. The average molecular weight is 442 g/mol. The van der Waals surface area contributed by atoms with Crippen molar-refractivity contribution in [3.8, 4) is 0 Å². The van der Waals surface area contributed by atoms with Gasteiger partial charge in [0, 0.05) is 37.6 Å². The van der Waals surface area contributed by atoms with Crippen LogP contribution in [0.15, 0.2) is 64.7 Å². The first-order valence-corrected chi connectivity index (χ1v) is 10.4. The van der Waals surface area contributed by atoms with Gasteiger partial charge in [0.15, 0.2) is 6.29 Å². The Morgan fingerprint density at radius 2 is 2.12 bits per heavy atom. The lowest BCUT2D eigenvalue weighted by molar-refractivity contribution is -0.137. The topological polar surface area (TPSA) is 112 Å². The van der Waals surface area contributed by atoms with Crippen molar-refractivity contribution >= 4 is 23.7 Å². The fourth-order valence-electron chi connectivity index (χ4n) is 2.99. The summed E-state index contributed by atoms with van der Waals surface area (Å²) in [6, 6.07) is 0. The number of aliphatic carboxylic acids is 1. The minimum Gasteiger partial charge on any atom is -0.481 e. The summed E-state index contributed by atoms with van der Waals surface area (Å²) in [5, 5.41) is 19.4. The number of likely N-dealkylation sites (N-methyl/N-ethyl adjacent to an activating group) is 1. The molecule has 170 valence electrons. The second kappa shape index (κ2) is 12.9. The number of carbonyl (C=O) groups excluding carboxylic acids is 1. The highest BCUT2D eigenvalue weighted by Gasteiger charge is 2.14. The van der Waals surface area contributed by atoms with Crippen molar-refractivity contribution in [3.63, 3.8) is 0 Å². The van der Waals surface area contributed by atoms with E-state index >= 15 is 0 Å². The van der Waals surface area contributed by atoms with Crippen LogP contribution in [0.4, 0.5) is 4.39 Å².